The van der Waals surface area contributed by atoms with Crippen molar-refractivity contribution >= 4 is 21.7 Å². The van der Waals surface area contributed by atoms with Crippen molar-refractivity contribution in [1.29, 1.82) is 0 Å². The molecule has 2 nitrogen and oxygen atoms in total. The first kappa shape index (κ1) is 11.4. The molecule has 0 saturated heterocycles. The lowest BCUT2D eigenvalue weighted by Crippen LogP contribution is -2.16. The third-order valence-corrected chi connectivity index (χ3v) is 2.62. The van der Waals surface area contributed by atoms with Gasteiger partial charge in [-0.3, -0.25) is 4.79 Å². The summed E-state index contributed by atoms with van der Waals surface area (Å²) in [5, 5.41) is 0. The second kappa shape index (κ2) is 4.71. The fourth-order valence-electron chi connectivity index (χ4n) is 1.38. The molecule has 0 atom stereocenters. The van der Waals surface area contributed by atoms with Crippen molar-refractivity contribution in [3.63, 3.8) is 0 Å². The van der Waals surface area contributed by atoms with Gasteiger partial charge in [-0.15, -0.1) is 0 Å². The molecule has 3 heteroatoms. The van der Waals surface area contributed by atoms with E-state index in [0.29, 0.717) is 5.92 Å². The number of rotatable bonds is 3. The Morgan fingerprint density at radius 3 is 2.64 bits per heavy atom. The molecular formula is C11H14BrNO. The van der Waals surface area contributed by atoms with Crippen LogP contribution in [-0.2, 0) is 0 Å². The first-order valence-corrected chi connectivity index (χ1v) is 5.38. The van der Waals surface area contributed by atoms with Crippen LogP contribution in [0.25, 0.3) is 0 Å². The number of Topliss-reactive ketones (excluding diaryl/α,β-unsaturated/α-hetero) is 1. The van der Waals surface area contributed by atoms with E-state index in [2.05, 4.69) is 29.8 Å². The molecule has 0 amide bonds. The van der Waals surface area contributed by atoms with E-state index >= 15 is 0 Å². The summed E-state index contributed by atoms with van der Waals surface area (Å²) in [5.41, 5.74) is 7.15. The highest BCUT2D eigenvalue weighted by Gasteiger charge is 2.12. The van der Waals surface area contributed by atoms with Crippen molar-refractivity contribution in [2.75, 3.05) is 6.54 Å². The fourth-order valence-corrected chi connectivity index (χ4v) is 1.74. The Morgan fingerprint density at radius 1 is 1.50 bits per heavy atom. The first-order chi connectivity index (χ1) is 6.56. The van der Waals surface area contributed by atoms with E-state index in [0.717, 1.165) is 15.6 Å². The van der Waals surface area contributed by atoms with Gasteiger partial charge in [0.15, 0.2) is 5.78 Å². The summed E-state index contributed by atoms with van der Waals surface area (Å²) < 4.78 is 0.915. The average molecular weight is 256 g/mol. The molecule has 0 spiro atoms. The van der Waals surface area contributed by atoms with Crippen LogP contribution in [0.2, 0.25) is 0 Å². The second-order valence-electron chi connectivity index (χ2n) is 3.51. The third kappa shape index (κ3) is 2.42. The zero-order valence-corrected chi connectivity index (χ0v) is 9.97. The molecule has 0 bridgehead atoms. The van der Waals surface area contributed by atoms with Gasteiger partial charge in [0, 0.05) is 10.0 Å². The van der Waals surface area contributed by atoms with Crippen molar-refractivity contribution in [2.45, 2.75) is 19.8 Å². The lowest BCUT2D eigenvalue weighted by molar-refractivity contribution is 0.1000. The van der Waals surface area contributed by atoms with Crippen molar-refractivity contribution < 1.29 is 4.79 Å². The van der Waals surface area contributed by atoms with Crippen molar-refractivity contribution in [3.05, 3.63) is 33.8 Å². The van der Waals surface area contributed by atoms with Crippen molar-refractivity contribution in [1.82, 2.24) is 0 Å². The molecule has 0 saturated carbocycles. The van der Waals surface area contributed by atoms with E-state index in [1.807, 2.05) is 18.2 Å². The Morgan fingerprint density at radius 2 is 2.14 bits per heavy atom. The molecule has 0 radical (unpaired) electrons. The number of benzene rings is 1. The van der Waals surface area contributed by atoms with Crippen LogP contribution in [0, 0.1) is 0 Å². The molecule has 1 aromatic rings. The minimum atomic E-state index is -0.00463. The van der Waals surface area contributed by atoms with Crippen molar-refractivity contribution in [2.24, 2.45) is 5.73 Å². The number of halogens is 1. The molecule has 0 fully saturated rings. The van der Waals surface area contributed by atoms with E-state index in [1.165, 1.54) is 0 Å². The standard InChI is InChI=1S/C11H14BrNO/c1-7(2)9-4-3-8(12)5-10(9)11(14)6-13/h3-5,7H,6,13H2,1-2H3. The minimum absolute atomic E-state index is 0.00463. The highest BCUT2D eigenvalue weighted by molar-refractivity contribution is 9.10. The maximum atomic E-state index is 11.5. The summed E-state index contributed by atoms with van der Waals surface area (Å²) in [6, 6.07) is 5.75. The Hall–Kier alpha value is -0.670. The Labute approximate surface area is 92.6 Å². The van der Waals surface area contributed by atoms with Gasteiger partial charge in [0.05, 0.1) is 6.54 Å². The molecule has 0 aromatic heterocycles. The van der Waals surface area contributed by atoms with E-state index < -0.39 is 0 Å². The Bertz CT molecular complexity index is 347. The van der Waals surface area contributed by atoms with Gasteiger partial charge < -0.3 is 5.73 Å². The predicted molar refractivity (Wildman–Crippen MR) is 61.6 cm³/mol. The number of ketones is 1. The van der Waals surface area contributed by atoms with E-state index in [9.17, 15) is 4.79 Å². The van der Waals surface area contributed by atoms with Gasteiger partial charge in [-0.2, -0.15) is 0 Å². The summed E-state index contributed by atoms with van der Waals surface area (Å²) in [5.74, 6) is 0.337. The lowest BCUT2D eigenvalue weighted by atomic mass is 9.95. The van der Waals surface area contributed by atoms with Gasteiger partial charge in [0.1, 0.15) is 0 Å². The van der Waals surface area contributed by atoms with Gasteiger partial charge in [0.25, 0.3) is 0 Å². The van der Waals surface area contributed by atoms with Crippen molar-refractivity contribution in [3.8, 4) is 0 Å². The molecule has 76 valence electrons. The molecule has 1 aromatic carbocycles. The van der Waals surface area contributed by atoms with Crippen LogP contribution >= 0.6 is 15.9 Å². The molecule has 2 N–H and O–H groups in total. The summed E-state index contributed by atoms with van der Waals surface area (Å²) in [6.45, 7) is 4.20. The van der Waals surface area contributed by atoms with Gasteiger partial charge in [-0.1, -0.05) is 35.8 Å². The summed E-state index contributed by atoms with van der Waals surface area (Å²) in [7, 11) is 0. The zero-order chi connectivity index (χ0) is 10.7. The molecule has 0 aliphatic carbocycles. The maximum absolute atomic E-state index is 11.5. The Kier molecular flexibility index (Phi) is 3.84. The topological polar surface area (TPSA) is 43.1 Å². The minimum Gasteiger partial charge on any atom is -0.324 e. The number of hydrogen-bond donors (Lipinski definition) is 1. The number of carbonyl (C=O) groups excluding carboxylic acids is 1. The van der Waals surface area contributed by atoms with Crippen LogP contribution < -0.4 is 5.73 Å². The van der Waals surface area contributed by atoms with E-state index in [4.69, 9.17) is 5.73 Å². The normalized spacial score (nSPS) is 10.6. The van der Waals surface area contributed by atoms with Crippen LogP contribution in [0.3, 0.4) is 0 Å². The summed E-state index contributed by atoms with van der Waals surface area (Å²) in [6.07, 6.45) is 0. The largest absolute Gasteiger partial charge is 0.324 e. The fraction of sp³-hybridized carbons (Fsp3) is 0.364. The van der Waals surface area contributed by atoms with Gasteiger partial charge in [-0.05, 0) is 23.6 Å². The number of nitrogens with two attached hydrogens (primary N) is 1. The molecular weight excluding hydrogens is 242 g/mol. The van der Waals surface area contributed by atoms with Crippen LogP contribution in [0.15, 0.2) is 22.7 Å². The summed E-state index contributed by atoms with van der Waals surface area (Å²) >= 11 is 3.35. The monoisotopic (exact) mass is 255 g/mol. The first-order valence-electron chi connectivity index (χ1n) is 4.59. The molecule has 0 unspecified atom stereocenters. The van der Waals surface area contributed by atoms with Crippen LogP contribution in [0.1, 0.15) is 35.7 Å². The quantitative estimate of drug-likeness (QED) is 0.845. The van der Waals surface area contributed by atoms with Gasteiger partial charge in [0.2, 0.25) is 0 Å². The van der Waals surface area contributed by atoms with Gasteiger partial charge in [-0.25, -0.2) is 0 Å². The SMILES string of the molecule is CC(C)c1ccc(Br)cc1C(=O)CN. The Balaban J connectivity index is 3.22. The molecule has 1 rings (SSSR count). The van der Waals surface area contributed by atoms with Gasteiger partial charge >= 0.3 is 0 Å². The average Bonchev–Trinajstić information content (AvgIpc) is 2.16. The van der Waals surface area contributed by atoms with Crippen LogP contribution in [0.4, 0.5) is 0 Å². The maximum Gasteiger partial charge on any atom is 0.176 e. The lowest BCUT2D eigenvalue weighted by Gasteiger charge is -2.11. The smallest absolute Gasteiger partial charge is 0.176 e. The highest BCUT2D eigenvalue weighted by Crippen LogP contribution is 2.23. The molecule has 0 aliphatic heterocycles. The second-order valence-corrected chi connectivity index (χ2v) is 4.43. The van der Waals surface area contributed by atoms with Crippen LogP contribution in [-0.4, -0.2) is 12.3 Å². The summed E-state index contributed by atoms with van der Waals surface area (Å²) in [4.78, 5) is 11.5. The third-order valence-electron chi connectivity index (χ3n) is 2.12. The number of hydrogen-bond acceptors (Lipinski definition) is 2. The number of carbonyl (C=O) groups is 1. The molecule has 0 aliphatic rings. The van der Waals surface area contributed by atoms with Crippen LogP contribution in [0.5, 0.6) is 0 Å². The zero-order valence-electron chi connectivity index (χ0n) is 8.38. The van der Waals surface area contributed by atoms with E-state index in [1.54, 1.807) is 0 Å². The molecule has 0 heterocycles. The highest BCUT2D eigenvalue weighted by atomic mass is 79.9. The van der Waals surface area contributed by atoms with E-state index in [-0.39, 0.29) is 12.3 Å². The predicted octanol–water partition coefficient (Wildman–Crippen LogP) is 2.71. The molecule has 14 heavy (non-hydrogen) atoms.